The molecule has 106 valence electrons. The van der Waals surface area contributed by atoms with Crippen LogP contribution in [-0.2, 0) is 0 Å². The van der Waals surface area contributed by atoms with E-state index >= 15 is 0 Å². The van der Waals surface area contributed by atoms with Gasteiger partial charge in [0.05, 0.1) is 0 Å². The molecule has 2 aromatic carbocycles. The van der Waals surface area contributed by atoms with Crippen molar-refractivity contribution in [2.45, 2.75) is 6.92 Å². The van der Waals surface area contributed by atoms with Gasteiger partial charge in [0.15, 0.2) is 11.6 Å². The number of nitrogens with zero attached hydrogens (tertiary/aromatic N) is 2. The van der Waals surface area contributed by atoms with Crippen LogP contribution in [0.4, 0.5) is 4.39 Å². The molecule has 3 rings (SSSR count). The molecule has 0 aliphatic heterocycles. The van der Waals surface area contributed by atoms with E-state index in [2.05, 4.69) is 25.9 Å². The van der Waals surface area contributed by atoms with Crippen molar-refractivity contribution in [1.82, 2.24) is 9.97 Å². The van der Waals surface area contributed by atoms with Crippen molar-refractivity contribution in [1.29, 1.82) is 0 Å². The quantitative estimate of drug-likeness (QED) is 0.493. The Bertz CT molecular complexity index is 868. The lowest BCUT2D eigenvalue weighted by atomic mass is 10.1. The molecule has 1 heterocycles. The third-order valence-corrected chi connectivity index (χ3v) is 4.26. The fraction of sp³-hybridized carbons (Fsp3) is 0.0667. The van der Waals surface area contributed by atoms with Gasteiger partial charge in [-0.15, -0.1) is 0 Å². The Morgan fingerprint density at radius 3 is 2.57 bits per heavy atom. The summed E-state index contributed by atoms with van der Waals surface area (Å²) < 4.78 is 14.6. The Labute approximate surface area is 139 Å². The van der Waals surface area contributed by atoms with Gasteiger partial charge in [-0.25, -0.2) is 14.4 Å². The topological polar surface area (TPSA) is 25.8 Å². The number of aryl methyl sites for hydroxylation is 1. The third-order valence-electron chi connectivity index (χ3n) is 3.10. The van der Waals surface area contributed by atoms with E-state index in [0.717, 1.165) is 5.56 Å². The second-order valence-corrected chi connectivity index (χ2v) is 6.27. The first kappa shape index (κ1) is 14.7. The van der Waals surface area contributed by atoms with Gasteiger partial charge in [0.2, 0.25) is 0 Å². The second-order valence-electron chi connectivity index (χ2n) is 4.59. The fourth-order valence-electron chi connectivity index (χ4n) is 1.98. The van der Waals surface area contributed by atoms with Gasteiger partial charge in [-0.05, 0) is 30.7 Å². The normalized spacial score (nSPS) is 11.1. The van der Waals surface area contributed by atoms with Crippen molar-refractivity contribution >= 4 is 50.0 Å². The first-order valence-electron chi connectivity index (χ1n) is 6.04. The maximum Gasteiger partial charge on any atom is 0.161 e. The number of aromatic nitrogens is 2. The van der Waals surface area contributed by atoms with Crippen LogP contribution in [0.2, 0.25) is 10.2 Å². The molecule has 0 aliphatic rings. The molecule has 0 bridgehead atoms. The summed E-state index contributed by atoms with van der Waals surface area (Å²) in [6, 6.07) is 8.46. The first-order chi connectivity index (χ1) is 9.95. The predicted molar refractivity (Wildman–Crippen MR) is 87.4 cm³/mol. The lowest BCUT2D eigenvalue weighted by Crippen LogP contribution is -1.95. The van der Waals surface area contributed by atoms with Crippen LogP contribution in [-0.4, -0.2) is 9.97 Å². The lowest BCUT2D eigenvalue weighted by molar-refractivity contribution is 0.636. The average molecular weight is 386 g/mol. The van der Waals surface area contributed by atoms with Crippen molar-refractivity contribution in [2.75, 3.05) is 0 Å². The summed E-state index contributed by atoms with van der Waals surface area (Å²) >= 11 is 15.5. The molecule has 0 fully saturated rings. The zero-order valence-electron chi connectivity index (χ0n) is 10.8. The number of benzene rings is 2. The van der Waals surface area contributed by atoms with E-state index in [0.29, 0.717) is 26.3 Å². The number of rotatable bonds is 1. The van der Waals surface area contributed by atoms with Crippen molar-refractivity contribution in [2.24, 2.45) is 0 Å². The van der Waals surface area contributed by atoms with Gasteiger partial charge in [-0.1, -0.05) is 51.3 Å². The maximum absolute atomic E-state index is 14.1. The molecule has 21 heavy (non-hydrogen) atoms. The Morgan fingerprint density at radius 2 is 1.86 bits per heavy atom. The van der Waals surface area contributed by atoms with E-state index in [1.54, 1.807) is 12.1 Å². The minimum Gasteiger partial charge on any atom is -0.225 e. The SMILES string of the molecule is Cc1ccc(-c2nc(Cl)c3cc(Br)cc(F)c3n2)cc1Cl. The summed E-state index contributed by atoms with van der Waals surface area (Å²) in [5, 5.41) is 1.26. The molecule has 0 atom stereocenters. The molecule has 0 saturated carbocycles. The second kappa shape index (κ2) is 5.52. The third kappa shape index (κ3) is 2.76. The van der Waals surface area contributed by atoms with Crippen molar-refractivity contribution in [3.8, 4) is 11.4 Å². The molecule has 3 aromatic rings. The molecular formula is C15H8BrCl2FN2. The van der Waals surface area contributed by atoms with Crippen molar-refractivity contribution in [3.05, 3.63) is 56.4 Å². The van der Waals surface area contributed by atoms with Gasteiger partial charge in [-0.2, -0.15) is 0 Å². The van der Waals surface area contributed by atoms with E-state index in [1.807, 2.05) is 19.1 Å². The van der Waals surface area contributed by atoms with E-state index < -0.39 is 5.82 Å². The largest absolute Gasteiger partial charge is 0.225 e. The van der Waals surface area contributed by atoms with Crippen LogP contribution in [0, 0.1) is 12.7 Å². The number of fused-ring (bicyclic) bond motifs is 1. The number of hydrogen-bond donors (Lipinski definition) is 0. The van der Waals surface area contributed by atoms with Gasteiger partial charge >= 0.3 is 0 Å². The molecule has 6 heteroatoms. The van der Waals surface area contributed by atoms with Crippen LogP contribution in [0.25, 0.3) is 22.3 Å². The highest BCUT2D eigenvalue weighted by Gasteiger charge is 2.13. The van der Waals surface area contributed by atoms with E-state index in [-0.39, 0.29) is 10.7 Å². The molecule has 2 nitrogen and oxygen atoms in total. The van der Waals surface area contributed by atoms with Crippen LogP contribution in [0.15, 0.2) is 34.8 Å². The van der Waals surface area contributed by atoms with Gasteiger partial charge in [-0.3, -0.25) is 0 Å². The summed E-state index contributed by atoms with van der Waals surface area (Å²) in [4.78, 5) is 8.50. The summed E-state index contributed by atoms with van der Waals surface area (Å²) in [6.45, 7) is 1.90. The van der Waals surface area contributed by atoms with Crippen LogP contribution in [0.5, 0.6) is 0 Å². The molecule has 1 aromatic heterocycles. The molecule has 0 spiro atoms. The van der Waals surface area contributed by atoms with Crippen molar-refractivity contribution < 1.29 is 4.39 Å². The van der Waals surface area contributed by atoms with Crippen LogP contribution in [0.1, 0.15) is 5.56 Å². The molecule has 0 N–H and O–H groups in total. The first-order valence-corrected chi connectivity index (χ1v) is 7.59. The minimum atomic E-state index is -0.455. The van der Waals surface area contributed by atoms with Crippen LogP contribution in [0.3, 0.4) is 0 Å². The monoisotopic (exact) mass is 384 g/mol. The Hall–Kier alpha value is -1.23. The van der Waals surface area contributed by atoms with Gasteiger partial charge < -0.3 is 0 Å². The minimum absolute atomic E-state index is 0.185. The van der Waals surface area contributed by atoms with E-state index in [1.165, 1.54) is 6.07 Å². The molecule has 0 radical (unpaired) electrons. The fourth-order valence-corrected chi connectivity index (χ4v) is 2.82. The highest BCUT2D eigenvalue weighted by atomic mass is 79.9. The Kier molecular flexibility index (Phi) is 3.86. The van der Waals surface area contributed by atoms with E-state index in [4.69, 9.17) is 23.2 Å². The predicted octanol–water partition coefficient (Wildman–Crippen LogP) is 5.81. The highest BCUT2D eigenvalue weighted by Crippen LogP contribution is 2.30. The Balaban J connectivity index is 2.27. The smallest absolute Gasteiger partial charge is 0.161 e. The zero-order valence-corrected chi connectivity index (χ0v) is 13.9. The van der Waals surface area contributed by atoms with Gasteiger partial charge in [0, 0.05) is 20.4 Å². The lowest BCUT2D eigenvalue weighted by Gasteiger charge is -2.07. The van der Waals surface area contributed by atoms with E-state index in [9.17, 15) is 4.39 Å². The van der Waals surface area contributed by atoms with Crippen LogP contribution >= 0.6 is 39.1 Å². The molecule has 0 amide bonds. The molecule has 0 saturated heterocycles. The van der Waals surface area contributed by atoms with Crippen molar-refractivity contribution in [3.63, 3.8) is 0 Å². The van der Waals surface area contributed by atoms with Crippen LogP contribution < -0.4 is 0 Å². The average Bonchev–Trinajstić information content (AvgIpc) is 2.43. The van der Waals surface area contributed by atoms with Gasteiger partial charge in [0.25, 0.3) is 0 Å². The van der Waals surface area contributed by atoms with Gasteiger partial charge in [0.1, 0.15) is 10.7 Å². The summed E-state index contributed by atoms with van der Waals surface area (Å²) in [6.07, 6.45) is 0. The molecule has 0 aliphatic carbocycles. The molecular weight excluding hydrogens is 378 g/mol. The number of halogens is 4. The standard InChI is InChI=1S/C15H8BrCl2FN2/c1-7-2-3-8(4-11(7)17)15-20-13-10(14(18)21-15)5-9(16)6-12(13)19/h2-6H,1H3. The Morgan fingerprint density at radius 1 is 1.10 bits per heavy atom. The highest BCUT2D eigenvalue weighted by molar-refractivity contribution is 9.10. The summed E-state index contributed by atoms with van der Waals surface area (Å²) in [7, 11) is 0. The zero-order chi connectivity index (χ0) is 15.1. The number of hydrogen-bond acceptors (Lipinski definition) is 2. The summed E-state index contributed by atoms with van der Waals surface area (Å²) in [5.41, 5.74) is 1.82. The molecule has 0 unspecified atom stereocenters. The summed E-state index contributed by atoms with van der Waals surface area (Å²) in [5.74, 6) is -0.112. The maximum atomic E-state index is 14.1.